The fourth-order valence-corrected chi connectivity index (χ4v) is 2.26. The number of rotatable bonds is 2. The summed E-state index contributed by atoms with van der Waals surface area (Å²) in [5, 5.41) is 0.732. The van der Waals surface area contributed by atoms with Gasteiger partial charge in [-0.2, -0.15) is 0 Å². The molecule has 0 radical (unpaired) electrons. The summed E-state index contributed by atoms with van der Waals surface area (Å²) in [5.41, 5.74) is 0.977. The lowest BCUT2D eigenvalue weighted by atomic mass is 10.2. The molecule has 0 aliphatic heterocycles. The smallest absolute Gasteiger partial charge is 0.202 e. The van der Waals surface area contributed by atoms with Crippen LogP contribution in [0.3, 0.4) is 0 Å². The Kier molecular flexibility index (Phi) is 2.92. The molecule has 16 heavy (non-hydrogen) atoms. The number of hydrogen-bond donors (Lipinski definition) is 0. The lowest BCUT2D eigenvalue weighted by Gasteiger charge is -2.08. The monoisotopic (exact) mass is 235 g/mol. The Morgan fingerprint density at radius 1 is 1.38 bits per heavy atom. The van der Waals surface area contributed by atoms with Gasteiger partial charge in [-0.05, 0) is 18.4 Å². The lowest BCUT2D eigenvalue weighted by Crippen LogP contribution is -2.09. The molecule has 0 spiro atoms. The van der Waals surface area contributed by atoms with E-state index in [-0.39, 0.29) is 5.43 Å². The summed E-state index contributed by atoms with van der Waals surface area (Å²) >= 11 is 1.47. The first-order valence-corrected chi connectivity index (χ1v) is 6.11. The average Bonchev–Trinajstić information content (AvgIpc) is 2.33. The van der Waals surface area contributed by atoms with Crippen molar-refractivity contribution in [3.8, 4) is 5.75 Å². The molecular weight excluding hydrogens is 222 g/mol. The molecule has 0 aliphatic rings. The number of thioether (sulfide) groups is 1. The highest BCUT2D eigenvalue weighted by molar-refractivity contribution is 7.98. The third kappa shape index (κ3) is 1.69. The van der Waals surface area contributed by atoms with Crippen LogP contribution in [-0.2, 0) is 7.05 Å². The summed E-state index contributed by atoms with van der Waals surface area (Å²) in [4.78, 5) is 12.8. The molecule has 1 heterocycles. The van der Waals surface area contributed by atoms with Gasteiger partial charge >= 0.3 is 0 Å². The van der Waals surface area contributed by atoms with E-state index in [9.17, 15) is 4.79 Å². The summed E-state index contributed by atoms with van der Waals surface area (Å²) in [6.45, 7) is 0. The van der Waals surface area contributed by atoms with E-state index < -0.39 is 0 Å². The second kappa shape index (κ2) is 4.22. The zero-order valence-corrected chi connectivity index (χ0v) is 10.3. The highest BCUT2D eigenvalue weighted by Crippen LogP contribution is 2.20. The number of nitrogens with zero attached hydrogens (tertiary/aromatic N) is 1. The van der Waals surface area contributed by atoms with Crippen LogP contribution < -0.4 is 10.2 Å². The van der Waals surface area contributed by atoms with Crippen LogP contribution in [0.5, 0.6) is 5.75 Å². The number of aromatic nitrogens is 1. The summed E-state index contributed by atoms with van der Waals surface area (Å²) in [5.74, 6) is 0.763. The maximum absolute atomic E-state index is 12.0. The number of methoxy groups -OCH3 is 1. The third-order valence-corrected chi connectivity index (χ3v) is 3.31. The molecule has 0 bridgehead atoms. The molecule has 0 fully saturated rings. The van der Waals surface area contributed by atoms with Crippen molar-refractivity contribution >= 4 is 22.7 Å². The Balaban J connectivity index is 2.84. The van der Waals surface area contributed by atoms with Gasteiger partial charge in [0.1, 0.15) is 5.75 Å². The second-order valence-electron chi connectivity index (χ2n) is 3.52. The van der Waals surface area contributed by atoms with Crippen molar-refractivity contribution < 1.29 is 4.74 Å². The summed E-state index contributed by atoms with van der Waals surface area (Å²) in [7, 11) is 3.55. The number of benzene rings is 1. The van der Waals surface area contributed by atoms with Crippen LogP contribution in [0.2, 0.25) is 0 Å². The SMILES string of the molecule is COc1ccc2c(=O)c(SC)cn(C)c2c1. The molecule has 4 heteroatoms. The third-order valence-electron chi connectivity index (χ3n) is 2.58. The molecule has 0 amide bonds. The molecule has 2 rings (SSSR count). The van der Waals surface area contributed by atoms with Gasteiger partial charge in [-0.15, -0.1) is 11.8 Å². The van der Waals surface area contributed by atoms with Crippen LogP contribution in [0.1, 0.15) is 0 Å². The van der Waals surface area contributed by atoms with Crippen molar-refractivity contribution in [2.24, 2.45) is 7.05 Å². The van der Waals surface area contributed by atoms with Crippen LogP contribution in [0.4, 0.5) is 0 Å². The highest BCUT2D eigenvalue weighted by atomic mass is 32.2. The largest absolute Gasteiger partial charge is 0.497 e. The van der Waals surface area contributed by atoms with E-state index in [0.29, 0.717) is 0 Å². The van der Waals surface area contributed by atoms with E-state index in [1.165, 1.54) is 11.8 Å². The predicted molar refractivity (Wildman–Crippen MR) is 67.5 cm³/mol. The topological polar surface area (TPSA) is 31.2 Å². The van der Waals surface area contributed by atoms with E-state index in [1.807, 2.05) is 42.3 Å². The van der Waals surface area contributed by atoms with Gasteiger partial charge in [0.2, 0.25) is 5.43 Å². The Morgan fingerprint density at radius 3 is 2.75 bits per heavy atom. The molecule has 2 aromatic rings. The molecule has 0 unspecified atom stereocenters. The Hall–Kier alpha value is -1.42. The van der Waals surface area contributed by atoms with Crippen molar-refractivity contribution in [1.82, 2.24) is 4.57 Å². The normalized spacial score (nSPS) is 10.7. The van der Waals surface area contributed by atoms with Crippen LogP contribution in [0, 0.1) is 0 Å². The fraction of sp³-hybridized carbons (Fsp3) is 0.250. The predicted octanol–water partition coefficient (Wildman–Crippen LogP) is 2.27. The molecule has 84 valence electrons. The van der Waals surface area contributed by atoms with Gasteiger partial charge in [0, 0.05) is 24.7 Å². The molecular formula is C12H13NO2S. The van der Waals surface area contributed by atoms with Crippen LogP contribution in [0.25, 0.3) is 10.9 Å². The Bertz CT molecular complexity index is 589. The summed E-state index contributed by atoms with van der Waals surface area (Å²) in [6, 6.07) is 5.50. The van der Waals surface area contributed by atoms with Gasteiger partial charge < -0.3 is 9.30 Å². The van der Waals surface area contributed by atoms with Gasteiger partial charge in [0.15, 0.2) is 0 Å². The quantitative estimate of drug-likeness (QED) is 0.748. The van der Waals surface area contributed by atoms with E-state index in [1.54, 1.807) is 7.11 Å². The zero-order chi connectivity index (χ0) is 11.7. The van der Waals surface area contributed by atoms with Gasteiger partial charge in [0.05, 0.1) is 17.5 Å². The van der Waals surface area contributed by atoms with Gasteiger partial charge in [-0.3, -0.25) is 4.79 Å². The minimum absolute atomic E-state index is 0.0863. The highest BCUT2D eigenvalue weighted by Gasteiger charge is 2.07. The lowest BCUT2D eigenvalue weighted by molar-refractivity contribution is 0.415. The fourth-order valence-electron chi connectivity index (χ4n) is 1.70. The van der Waals surface area contributed by atoms with Gasteiger partial charge in [-0.25, -0.2) is 0 Å². The number of fused-ring (bicyclic) bond motifs is 1. The number of pyridine rings is 1. The first kappa shape index (κ1) is 11.1. The maximum atomic E-state index is 12.0. The van der Waals surface area contributed by atoms with Gasteiger partial charge in [0.25, 0.3) is 0 Å². The van der Waals surface area contributed by atoms with E-state index in [2.05, 4.69) is 0 Å². The maximum Gasteiger partial charge on any atom is 0.202 e. The Morgan fingerprint density at radius 2 is 2.12 bits per heavy atom. The molecule has 0 saturated carbocycles. The standard InChI is InChI=1S/C12H13NO2S/c1-13-7-11(16-3)12(14)9-5-4-8(15-2)6-10(9)13/h4-7H,1-3H3. The molecule has 3 nitrogen and oxygen atoms in total. The first-order valence-electron chi connectivity index (χ1n) is 4.88. The number of ether oxygens (including phenoxy) is 1. The Labute approximate surface area is 98.0 Å². The van der Waals surface area contributed by atoms with Crippen molar-refractivity contribution in [3.05, 3.63) is 34.6 Å². The summed E-state index contributed by atoms with van der Waals surface area (Å²) < 4.78 is 7.10. The van der Waals surface area contributed by atoms with E-state index in [0.717, 1.165) is 21.5 Å². The average molecular weight is 235 g/mol. The molecule has 0 N–H and O–H groups in total. The van der Waals surface area contributed by atoms with Gasteiger partial charge in [-0.1, -0.05) is 0 Å². The van der Waals surface area contributed by atoms with E-state index in [4.69, 9.17) is 4.74 Å². The number of hydrogen-bond acceptors (Lipinski definition) is 3. The zero-order valence-electron chi connectivity index (χ0n) is 9.48. The molecule has 0 atom stereocenters. The molecule has 1 aromatic heterocycles. The molecule has 1 aromatic carbocycles. The molecule has 0 aliphatic carbocycles. The van der Waals surface area contributed by atoms with Crippen molar-refractivity contribution in [3.63, 3.8) is 0 Å². The van der Waals surface area contributed by atoms with E-state index >= 15 is 0 Å². The molecule has 0 saturated heterocycles. The minimum Gasteiger partial charge on any atom is -0.497 e. The van der Waals surface area contributed by atoms with Crippen LogP contribution >= 0.6 is 11.8 Å². The summed E-state index contributed by atoms with van der Waals surface area (Å²) in [6.07, 6.45) is 3.76. The minimum atomic E-state index is 0.0863. The van der Waals surface area contributed by atoms with Crippen LogP contribution in [-0.4, -0.2) is 17.9 Å². The van der Waals surface area contributed by atoms with Crippen LogP contribution in [0.15, 0.2) is 34.1 Å². The van der Waals surface area contributed by atoms with Crippen molar-refractivity contribution in [1.29, 1.82) is 0 Å². The first-order chi connectivity index (χ1) is 7.67. The second-order valence-corrected chi connectivity index (χ2v) is 4.37. The van der Waals surface area contributed by atoms with Crippen molar-refractivity contribution in [2.75, 3.05) is 13.4 Å². The number of aryl methyl sites for hydroxylation is 1. The van der Waals surface area contributed by atoms with Crippen molar-refractivity contribution in [2.45, 2.75) is 4.90 Å².